The molecule has 2 aromatic rings. The van der Waals surface area contributed by atoms with Gasteiger partial charge in [-0.15, -0.1) is 0 Å². The summed E-state index contributed by atoms with van der Waals surface area (Å²) in [6.07, 6.45) is 0. The van der Waals surface area contributed by atoms with E-state index in [-0.39, 0.29) is 23.8 Å². The first kappa shape index (κ1) is 18.5. The number of nitrogens with zero attached hydrogens (tertiary/aromatic N) is 1. The van der Waals surface area contributed by atoms with Gasteiger partial charge in [-0.1, -0.05) is 37.3 Å². The molecule has 2 aliphatic rings. The molecule has 6 heteroatoms. The van der Waals surface area contributed by atoms with Gasteiger partial charge in [0.2, 0.25) is 0 Å². The molecule has 1 saturated heterocycles. The first-order valence-electron chi connectivity index (χ1n) is 9.32. The number of anilines is 1. The largest absolute Gasteiger partial charge is 0.497 e. The average Bonchev–Trinajstić information content (AvgIpc) is 3.16. The highest BCUT2D eigenvalue weighted by Crippen LogP contribution is 2.54. The van der Waals surface area contributed by atoms with E-state index in [1.165, 1.54) is 7.11 Å². The van der Waals surface area contributed by atoms with Crippen LogP contribution in [0.2, 0.25) is 0 Å². The molecule has 6 nitrogen and oxygen atoms in total. The molecule has 146 valence electrons. The molecule has 2 aromatic carbocycles. The second kappa shape index (κ2) is 6.63. The van der Waals surface area contributed by atoms with Crippen LogP contribution in [-0.4, -0.2) is 33.1 Å². The number of carbonyl (C=O) groups is 2. The lowest BCUT2D eigenvalue weighted by Crippen LogP contribution is -2.50. The number of esters is 1. The summed E-state index contributed by atoms with van der Waals surface area (Å²) >= 11 is 0. The Kier molecular flexibility index (Phi) is 4.38. The third-order valence-electron chi connectivity index (χ3n) is 6.24. The number of likely N-dealkylation sites (N-methyl/N-ethyl adjacent to an activating group) is 1. The fraction of sp³-hybridized carbons (Fsp3) is 0.364. The molecule has 1 N–H and O–H groups in total. The van der Waals surface area contributed by atoms with Gasteiger partial charge in [0.1, 0.15) is 11.3 Å². The zero-order valence-corrected chi connectivity index (χ0v) is 16.4. The molecule has 4 rings (SSSR count). The molecule has 0 saturated carbocycles. The number of ether oxygens (including phenoxy) is 2. The highest BCUT2D eigenvalue weighted by molar-refractivity contribution is 6.08. The first-order valence-corrected chi connectivity index (χ1v) is 9.32. The van der Waals surface area contributed by atoms with Crippen molar-refractivity contribution >= 4 is 17.6 Å². The first-order chi connectivity index (χ1) is 13.5. The molecule has 0 radical (unpaired) electrons. The van der Waals surface area contributed by atoms with Crippen molar-refractivity contribution in [2.45, 2.75) is 18.5 Å². The molecule has 4 atom stereocenters. The molecule has 2 heterocycles. The number of hydrogen-bond donors (Lipinski definition) is 1. The predicted octanol–water partition coefficient (Wildman–Crippen LogP) is 2.64. The highest BCUT2D eigenvalue weighted by Gasteiger charge is 2.63. The zero-order chi connectivity index (χ0) is 20.1. The number of benzene rings is 2. The SMILES string of the molecule is COC(=O)[C@@H]1[C@H](c2ccc(OC)cc2)N[C@@]2(C(=O)N(C)c3ccccc32)[C@H]1C. The number of fused-ring (bicyclic) bond motifs is 2. The summed E-state index contributed by atoms with van der Waals surface area (Å²) in [6.45, 7) is 1.95. The van der Waals surface area contributed by atoms with E-state index in [4.69, 9.17) is 9.47 Å². The fourth-order valence-electron chi connectivity index (χ4n) is 4.77. The standard InChI is InChI=1S/C22H24N2O4/c1-13-18(20(25)28-4)19(14-9-11-15(27-3)12-10-14)23-22(13)16-7-5-6-8-17(16)24(2)21(22)26/h5-13,18-19,23H,1-4H3/t13-,18-,19-,22-/m0/s1. The molecule has 1 amide bonds. The van der Waals surface area contributed by atoms with E-state index in [0.29, 0.717) is 0 Å². The second-order valence-corrected chi connectivity index (χ2v) is 7.42. The summed E-state index contributed by atoms with van der Waals surface area (Å²) in [5, 5.41) is 3.54. The van der Waals surface area contributed by atoms with Gasteiger partial charge in [-0.05, 0) is 23.8 Å². The minimum atomic E-state index is -0.963. The van der Waals surface area contributed by atoms with Crippen molar-refractivity contribution in [3.8, 4) is 5.75 Å². The second-order valence-electron chi connectivity index (χ2n) is 7.42. The highest BCUT2D eigenvalue weighted by atomic mass is 16.5. The Hall–Kier alpha value is -2.86. The Bertz CT molecular complexity index is 926. The Balaban J connectivity index is 1.85. The fourth-order valence-corrected chi connectivity index (χ4v) is 4.77. The van der Waals surface area contributed by atoms with Crippen LogP contribution in [0.1, 0.15) is 24.1 Å². The van der Waals surface area contributed by atoms with Crippen LogP contribution >= 0.6 is 0 Å². The van der Waals surface area contributed by atoms with Crippen LogP contribution < -0.4 is 15.0 Å². The van der Waals surface area contributed by atoms with E-state index in [2.05, 4.69) is 5.32 Å². The third kappa shape index (κ3) is 2.37. The van der Waals surface area contributed by atoms with E-state index in [0.717, 1.165) is 22.6 Å². The Morgan fingerprint density at radius 3 is 2.43 bits per heavy atom. The van der Waals surface area contributed by atoms with Gasteiger partial charge in [0.05, 0.1) is 20.1 Å². The third-order valence-corrected chi connectivity index (χ3v) is 6.24. The number of nitrogens with one attached hydrogen (secondary N) is 1. The van der Waals surface area contributed by atoms with Gasteiger partial charge in [0.25, 0.3) is 5.91 Å². The van der Waals surface area contributed by atoms with Gasteiger partial charge < -0.3 is 14.4 Å². The number of methoxy groups -OCH3 is 2. The van der Waals surface area contributed by atoms with Gasteiger partial charge >= 0.3 is 5.97 Å². The van der Waals surface area contributed by atoms with Crippen molar-refractivity contribution in [3.63, 3.8) is 0 Å². The molecule has 1 spiro atoms. The van der Waals surface area contributed by atoms with Gasteiger partial charge in [0.15, 0.2) is 0 Å². The van der Waals surface area contributed by atoms with Gasteiger partial charge in [-0.2, -0.15) is 0 Å². The molecule has 0 bridgehead atoms. The Morgan fingerprint density at radius 1 is 1.11 bits per heavy atom. The monoisotopic (exact) mass is 380 g/mol. The molecular formula is C22H24N2O4. The average molecular weight is 380 g/mol. The number of hydrogen-bond acceptors (Lipinski definition) is 5. The summed E-state index contributed by atoms with van der Waals surface area (Å²) in [5.74, 6) is -0.419. The molecular weight excluding hydrogens is 356 g/mol. The van der Waals surface area contributed by atoms with E-state index in [1.54, 1.807) is 19.1 Å². The number of carbonyl (C=O) groups excluding carboxylic acids is 2. The topological polar surface area (TPSA) is 67.9 Å². The summed E-state index contributed by atoms with van der Waals surface area (Å²) in [7, 11) is 4.78. The van der Waals surface area contributed by atoms with E-state index >= 15 is 0 Å². The van der Waals surface area contributed by atoms with Gasteiger partial charge in [-0.3, -0.25) is 14.9 Å². The minimum Gasteiger partial charge on any atom is -0.497 e. The van der Waals surface area contributed by atoms with Crippen molar-refractivity contribution in [3.05, 3.63) is 59.7 Å². The van der Waals surface area contributed by atoms with Crippen molar-refractivity contribution in [2.24, 2.45) is 11.8 Å². The summed E-state index contributed by atoms with van der Waals surface area (Å²) in [5.41, 5.74) is 1.72. The van der Waals surface area contributed by atoms with Crippen LogP contribution in [0.15, 0.2) is 48.5 Å². The normalized spacial score (nSPS) is 28.5. The lowest BCUT2D eigenvalue weighted by atomic mass is 9.76. The van der Waals surface area contributed by atoms with Crippen molar-refractivity contribution in [1.82, 2.24) is 5.32 Å². The van der Waals surface area contributed by atoms with Gasteiger partial charge in [-0.25, -0.2) is 0 Å². The summed E-state index contributed by atoms with van der Waals surface area (Å²) < 4.78 is 10.4. The minimum absolute atomic E-state index is 0.0499. The number of amides is 1. The van der Waals surface area contributed by atoms with Crippen molar-refractivity contribution in [2.75, 3.05) is 26.2 Å². The smallest absolute Gasteiger partial charge is 0.310 e. The van der Waals surface area contributed by atoms with Crippen LogP contribution in [0.5, 0.6) is 5.75 Å². The summed E-state index contributed by atoms with van der Waals surface area (Å²) in [4.78, 5) is 27.9. The van der Waals surface area contributed by atoms with Crippen molar-refractivity contribution < 1.29 is 19.1 Å². The predicted molar refractivity (Wildman–Crippen MR) is 105 cm³/mol. The van der Waals surface area contributed by atoms with Gasteiger partial charge in [0, 0.05) is 30.3 Å². The zero-order valence-electron chi connectivity index (χ0n) is 16.4. The number of rotatable bonds is 3. The number of para-hydroxylation sites is 1. The van der Waals surface area contributed by atoms with Crippen LogP contribution in [-0.2, 0) is 19.9 Å². The van der Waals surface area contributed by atoms with Crippen LogP contribution in [0.25, 0.3) is 0 Å². The molecule has 1 fully saturated rings. The van der Waals surface area contributed by atoms with Crippen LogP contribution in [0.4, 0.5) is 5.69 Å². The van der Waals surface area contributed by atoms with Crippen LogP contribution in [0, 0.1) is 11.8 Å². The van der Waals surface area contributed by atoms with Crippen LogP contribution in [0.3, 0.4) is 0 Å². The van der Waals surface area contributed by atoms with Crippen molar-refractivity contribution in [1.29, 1.82) is 0 Å². The maximum Gasteiger partial charge on any atom is 0.310 e. The Morgan fingerprint density at radius 2 is 1.79 bits per heavy atom. The van der Waals surface area contributed by atoms with E-state index < -0.39 is 11.5 Å². The molecule has 0 aliphatic carbocycles. The summed E-state index contributed by atoms with van der Waals surface area (Å²) in [6, 6.07) is 15.0. The molecule has 2 aliphatic heterocycles. The maximum atomic E-state index is 13.4. The molecule has 28 heavy (non-hydrogen) atoms. The molecule has 0 unspecified atom stereocenters. The maximum absolute atomic E-state index is 13.4. The molecule has 0 aromatic heterocycles. The lowest BCUT2D eigenvalue weighted by Gasteiger charge is -2.29. The quantitative estimate of drug-likeness (QED) is 0.829. The lowest BCUT2D eigenvalue weighted by molar-refractivity contribution is -0.147. The van der Waals surface area contributed by atoms with E-state index in [1.807, 2.05) is 55.5 Å². The van der Waals surface area contributed by atoms with E-state index in [9.17, 15) is 9.59 Å². The Labute approximate surface area is 164 Å².